The average Bonchev–Trinajstić information content (AvgIpc) is 3.20. The first-order valence-electron chi connectivity index (χ1n) is 11.7. The maximum atomic E-state index is 9.75. The van der Waals surface area contributed by atoms with Gasteiger partial charge in [0, 0.05) is 41.2 Å². The van der Waals surface area contributed by atoms with Gasteiger partial charge < -0.3 is 26.6 Å². The normalized spacial score (nSPS) is 12.5. The molecule has 6 rings (SSSR count). The Bertz CT molecular complexity index is 1550. The summed E-state index contributed by atoms with van der Waals surface area (Å²) in [5.41, 5.74) is 10.3. The van der Waals surface area contributed by atoms with Gasteiger partial charge in [0.2, 0.25) is 5.58 Å². The number of fused-ring (bicyclic) bond motifs is 3. The van der Waals surface area contributed by atoms with Crippen LogP contribution in [-0.4, -0.2) is 14.3 Å². The minimum atomic E-state index is -6.00. The van der Waals surface area contributed by atoms with Gasteiger partial charge in [-0.25, -0.2) is 0 Å². The number of benzene rings is 4. The SMILES string of the molecule is CN1c2ccccc2C(=Cc2oc3ccc(-c4ccccc4)cc3[n+]2C)c2ccccc21.F[B-](F)(F)F. The molecular formula is C29H23BF4N2O. The Morgan fingerprint density at radius 3 is 1.86 bits per heavy atom. The zero-order chi connectivity index (χ0) is 26.2. The molecule has 0 spiro atoms. The second kappa shape index (κ2) is 9.62. The number of aromatic nitrogens is 1. The summed E-state index contributed by atoms with van der Waals surface area (Å²) in [4.78, 5) is 2.26. The van der Waals surface area contributed by atoms with Crippen LogP contribution in [0.4, 0.5) is 28.6 Å². The molecule has 0 N–H and O–H groups in total. The first kappa shape index (κ1) is 24.4. The van der Waals surface area contributed by atoms with Crippen LogP contribution < -0.4 is 9.47 Å². The summed E-state index contributed by atoms with van der Waals surface area (Å²) in [6.45, 7) is 0. The largest absolute Gasteiger partial charge is 0.673 e. The minimum absolute atomic E-state index is 0.828. The highest BCUT2D eigenvalue weighted by Gasteiger charge is 2.26. The highest BCUT2D eigenvalue weighted by Crippen LogP contribution is 2.44. The molecule has 1 aliphatic rings. The molecule has 186 valence electrons. The van der Waals surface area contributed by atoms with Crippen LogP contribution in [0.5, 0.6) is 0 Å². The fourth-order valence-corrected chi connectivity index (χ4v) is 4.64. The molecular weight excluding hydrogens is 479 g/mol. The van der Waals surface area contributed by atoms with Crippen LogP contribution in [0.25, 0.3) is 33.9 Å². The van der Waals surface area contributed by atoms with E-state index in [0.717, 1.165) is 17.0 Å². The lowest BCUT2D eigenvalue weighted by molar-refractivity contribution is -0.651. The molecule has 0 unspecified atom stereocenters. The van der Waals surface area contributed by atoms with Gasteiger partial charge in [-0.1, -0.05) is 72.8 Å². The van der Waals surface area contributed by atoms with Crippen molar-refractivity contribution in [2.24, 2.45) is 7.05 Å². The van der Waals surface area contributed by atoms with Gasteiger partial charge in [-0.2, -0.15) is 4.57 Å². The third kappa shape index (κ3) is 5.00. The van der Waals surface area contributed by atoms with E-state index in [2.05, 4.69) is 121 Å². The molecule has 2 heterocycles. The van der Waals surface area contributed by atoms with Crippen molar-refractivity contribution in [2.45, 2.75) is 0 Å². The Balaban J connectivity index is 0.000000514. The van der Waals surface area contributed by atoms with Crippen molar-refractivity contribution in [3.8, 4) is 11.1 Å². The number of rotatable bonds is 2. The number of hydrogen-bond acceptors (Lipinski definition) is 2. The molecule has 5 aromatic rings. The second-order valence-electron chi connectivity index (χ2n) is 8.69. The predicted octanol–water partition coefficient (Wildman–Crippen LogP) is 7.89. The molecule has 0 saturated carbocycles. The summed E-state index contributed by atoms with van der Waals surface area (Å²) in [7, 11) is -1.81. The van der Waals surface area contributed by atoms with Gasteiger partial charge in [-0.05, 0) is 29.3 Å². The van der Waals surface area contributed by atoms with Crippen molar-refractivity contribution in [2.75, 3.05) is 11.9 Å². The minimum Gasteiger partial charge on any atom is -0.418 e. The van der Waals surface area contributed by atoms with E-state index in [1.54, 1.807) is 0 Å². The summed E-state index contributed by atoms with van der Waals surface area (Å²) in [5.74, 6) is 0.828. The van der Waals surface area contributed by atoms with Crippen LogP contribution in [0, 0.1) is 0 Å². The van der Waals surface area contributed by atoms with Gasteiger partial charge in [0.1, 0.15) is 7.05 Å². The number of oxazole rings is 1. The highest BCUT2D eigenvalue weighted by molar-refractivity contribution is 6.50. The first-order chi connectivity index (χ1) is 17.7. The van der Waals surface area contributed by atoms with Crippen LogP contribution in [0.3, 0.4) is 0 Å². The number of hydrogen-bond donors (Lipinski definition) is 0. The van der Waals surface area contributed by atoms with E-state index in [1.807, 2.05) is 6.07 Å². The fourth-order valence-electron chi connectivity index (χ4n) is 4.64. The average molecular weight is 502 g/mol. The summed E-state index contributed by atoms with van der Waals surface area (Å²) in [6.07, 6.45) is 2.17. The number of halogens is 4. The molecule has 4 aromatic carbocycles. The Kier molecular flexibility index (Phi) is 6.33. The van der Waals surface area contributed by atoms with Crippen LogP contribution in [0.15, 0.2) is 101 Å². The van der Waals surface area contributed by atoms with Gasteiger partial charge >= 0.3 is 13.1 Å². The highest BCUT2D eigenvalue weighted by atomic mass is 19.5. The van der Waals surface area contributed by atoms with Crippen molar-refractivity contribution in [3.63, 3.8) is 0 Å². The van der Waals surface area contributed by atoms with Gasteiger partial charge in [0.25, 0.3) is 5.52 Å². The van der Waals surface area contributed by atoms with E-state index in [0.29, 0.717) is 0 Å². The van der Waals surface area contributed by atoms with Crippen molar-refractivity contribution in [1.82, 2.24) is 0 Å². The predicted molar refractivity (Wildman–Crippen MR) is 141 cm³/mol. The summed E-state index contributed by atoms with van der Waals surface area (Å²) in [5, 5.41) is 0. The quantitative estimate of drug-likeness (QED) is 0.139. The molecule has 0 radical (unpaired) electrons. The zero-order valence-electron chi connectivity index (χ0n) is 20.2. The molecule has 0 atom stereocenters. The zero-order valence-corrected chi connectivity index (χ0v) is 20.2. The lowest BCUT2D eigenvalue weighted by Crippen LogP contribution is -2.29. The van der Waals surface area contributed by atoms with Crippen LogP contribution in [0.1, 0.15) is 17.0 Å². The van der Waals surface area contributed by atoms with Gasteiger partial charge in [-0.3, -0.25) is 0 Å². The maximum Gasteiger partial charge on any atom is 0.673 e. The molecule has 1 aromatic heterocycles. The molecule has 8 heteroatoms. The van der Waals surface area contributed by atoms with E-state index in [9.17, 15) is 17.3 Å². The third-order valence-electron chi connectivity index (χ3n) is 6.35. The van der Waals surface area contributed by atoms with Crippen LogP contribution in [-0.2, 0) is 7.05 Å². The first-order valence-corrected chi connectivity index (χ1v) is 11.7. The summed E-state index contributed by atoms with van der Waals surface area (Å²) < 4.78 is 47.5. The number of para-hydroxylation sites is 2. The lowest BCUT2D eigenvalue weighted by atomic mass is 9.90. The van der Waals surface area contributed by atoms with Crippen LogP contribution in [0.2, 0.25) is 0 Å². The van der Waals surface area contributed by atoms with Crippen molar-refractivity contribution >= 4 is 41.4 Å². The second-order valence-corrected chi connectivity index (χ2v) is 8.69. The Labute approximate surface area is 212 Å². The van der Waals surface area contributed by atoms with E-state index < -0.39 is 7.25 Å². The van der Waals surface area contributed by atoms with E-state index in [1.165, 1.54) is 39.2 Å². The Hall–Kier alpha value is -4.33. The Morgan fingerprint density at radius 1 is 0.730 bits per heavy atom. The summed E-state index contributed by atoms with van der Waals surface area (Å²) >= 11 is 0. The van der Waals surface area contributed by atoms with Gasteiger partial charge in [0.05, 0.1) is 6.08 Å². The van der Waals surface area contributed by atoms with Crippen molar-refractivity contribution in [3.05, 3.63) is 114 Å². The van der Waals surface area contributed by atoms with E-state index in [-0.39, 0.29) is 0 Å². The smallest absolute Gasteiger partial charge is 0.418 e. The molecule has 1 aliphatic heterocycles. The molecule has 0 aliphatic carbocycles. The van der Waals surface area contributed by atoms with Crippen molar-refractivity contribution < 1.29 is 26.2 Å². The van der Waals surface area contributed by atoms with Crippen LogP contribution >= 0.6 is 0 Å². The molecule has 37 heavy (non-hydrogen) atoms. The Morgan fingerprint density at radius 2 is 1.27 bits per heavy atom. The number of anilines is 2. The standard InChI is InChI=1S/C29H23N2O.BF4/c1-30-25-14-8-6-12-22(25)24(23-13-7-9-15-26(23)30)19-29-31(2)27-18-21(16-17-28(27)32-29)20-10-4-3-5-11-20;2-1(3,4)5/h3-19H,1-2H3;/q+1;-1. The topological polar surface area (TPSA) is 20.3 Å². The van der Waals surface area contributed by atoms with Crippen molar-refractivity contribution in [1.29, 1.82) is 0 Å². The molecule has 0 saturated heterocycles. The molecule has 0 bridgehead atoms. The molecule has 0 amide bonds. The maximum absolute atomic E-state index is 9.75. The molecule has 0 fully saturated rings. The lowest BCUT2D eigenvalue weighted by Gasteiger charge is -2.31. The van der Waals surface area contributed by atoms with E-state index in [4.69, 9.17) is 4.42 Å². The third-order valence-corrected chi connectivity index (χ3v) is 6.35. The summed E-state index contributed by atoms with van der Waals surface area (Å²) in [6, 6.07) is 33.9. The van der Waals surface area contributed by atoms with Gasteiger partial charge in [0.15, 0.2) is 0 Å². The monoisotopic (exact) mass is 502 g/mol. The van der Waals surface area contributed by atoms with Gasteiger partial charge in [-0.15, -0.1) is 0 Å². The van der Waals surface area contributed by atoms with E-state index >= 15 is 0 Å². The number of nitrogens with zero attached hydrogens (tertiary/aromatic N) is 2. The number of aryl methyl sites for hydroxylation is 1. The molecule has 3 nitrogen and oxygen atoms in total. The fraction of sp³-hybridized carbons (Fsp3) is 0.0690.